The van der Waals surface area contributed by atoms with Gasteiger partial charge in [0, 0.05) is 44.7 Å². The van der Waals surface area contributed by atoms with Gasteiger partial charge in [-0.1, -0.05) is 22.9 Å². The van der Waals surface area contributed by atoms with E-state index in [0.717, 1.165) is 17.8 Å². The van der Waals surface area contributed by atoms with Gasteiger partial charge < -0.3 is 10.1 Å². The SMILES string of the molecule is CC(=O)Nc1nc(F)c(CN2CC(Oc3ccc(Cl)cn3)C[C@@H]2C)s1. The Kier molecular flexibility index (Phi) is 5.51. The number of hydrogen-bond acceptors (Lipinski definition) is 6. The number of nitrogens with zero attached hydrogens (tertiary/aromatic N) is 3. The molecule has 0 bridgehead atoms. The van der Waals surface area contributed by atoms with Crippen molar-refractivity contribution >= 4 is 34.0 Å². The van der Waals surface area contributed by atoms with Crippen LogP contribution in [0.4, 0.5) is 9.52 Å². The standard InChI is InChI=1S/C16H18ClFN4O2S/c1-9-5-12(24-14-4-3-11(17)6-19-14)7-22(9)8-13-15(18)21-16(25-13)20-10(2)23/h3-4,6,9,12H,5,7-8H2,1-2H3,(H,20,21,23)/t9-,12?/m0/s1. The highest BCUT2D eigenvalue weighted by Gasteiger charge is 2.32. The molecule has 1 unspecified atom stereocenters. The molecule has 6 nitrogen and oxygen atoms in total. The van der Waals surface area contributed by atoms with E-state index in [1.807, 2.05) is 0 Å². The van der Waals surface area contributed by atoms with Crippen molar-refractivity contribution in [2.45, 2.75) is 39.0 Å². The van der Waals surface area contributed by atoms with E-state index in [-0.39, 0.29) is 23.2 Å². The highest BCUT2D eigenvalue weighted by Crippen LogP contribution is 2.28. The smallest absolute Gasteiger partial charge is 0.230 e. The third-order valence-corrected chi connectivity index (χ3v) is 5.09. The van der Waals surface area contributed by atoms with E-state index >= 15 is 0 Å². The molecule has 1 saturated heterocycles. The van der Waals surface area contributed by atoms with Crippen LogP contribution >= 0.6 is 22.9 Å². The van der Waals surface area contributed by atoms with Gasteiger partial charge >= 0.3 is 0 Å². The summed E-state index contributed by atoms with van der Waals surface area (Å²) in [5.41, 5.74) is 0. The highest BCUT2D eigenvalue weighted by atomic mass is 35.5. The van der Waals surface area contributed by atoms with Crippen LogP contribution in [0.3, 0.4) is 0 Å². The number of likely N-dealkylation sites (tertiary alicyclic amines) is 1. The molecule has 25 heavy (non-hydrogen) atoms. The first-order chi connectivity index (χ1) is 11.9. The normalized spacial score (nSPS) is 20.6. The lowest BCUT2D eigenvalue weighted by Gasteiger charge is -2.19. The third-order valence-electron chi connectivity index (χ3n) is 3.93. The average molecular weight is 385 g/mol. The lowest BCUT2D eigenvalue weighted by molar-refractivity contribution is -0.114. The van der Waals surface area contributed by atoms with E-state index in [9.17, 15) is 9.18 Å². The molecule has 0 spiro atoms. The molecule has 1 N–H and O–H groups in total. The number of amides is 1. The number of hydrogen-bond donors (Lipinski definition) is 1. The predicted molar refractivity (Wildman–Crippen MR) is 94.5 cm³/mol. The first-order valence-electron chi connectivity index (χ1n) is 7.85. The number of rotatable bonds is 5. The Bertz CT molecular complexity index is 755. The molecule has 0 radical (unpaired) electrons. The van der Waals surface area contributed by atoms with Gasteiger partial charge in [0.05, 0.1) is 9.90 Å². The maximum atomic E-state index is 14.0. The van der Waals surface area contributed by atoms with E-state index in [0.29, 0.717) is 28.9 Å². The maximum Gasteiger partial charge on any atom is 0.230 e. The average Bonchev–Trinajstić information content (AvgIpc) is 3.04. The summed E-state index contributed by atoms with van der Waals surface area (Å²) in [7, 11) is 0. The summed E-state index contributed by atoms with van der Waals surface area (Å²) in [6, 6.07) is 3.71. The van der Waals surface area contributed by atoms with Crippen LogP contribution in [-0.4, -0.2) is 39.5 Å². The largest absolute Gasteiger partial charge is 0.473 e. The molecular formula is C16H18ClFN4O2S. The Labute approximate surface area is 154 Å². The molecule has 1 aliphatic rings. The first-order valence-corrected chi connectivity index (χ1v) is 9.05. The number of ether oxygens (including phenoxy) is 1. The molecule has 3 heterocycles. The minimum Gasteiger partial charge on any atom is -0.473 e. The zero-order valence-corrected chi connectivity index (χ0v) is 15.4. The predicted octanol–water partition coefficient (Wildman–Crippen LogP) is 3.33. The molecule has 0 saturated carbocycles. The minimum atomic E-state index is -0.537. The fraction of sp³-hybridized carbons (Fsp3) is 0.438. The van der Waals surface area contributed by atoms with Crippen LogP contribution < -0.4 is 10.1 Å². The molecule has 0 aromatic carbocycles. The van der Waals surface area contributed by atoms with Gasteiger partial charge in [-0.25, -0.2) is 4.98 Å². The lowest BCUT2D eigenvalue weighted by atomic mass is 10.2. The third kappa shape index (κ3) is 4.65. The zero-order valence-electron chi connectivity index (χ0n) is 13.8. The van der Waals surface area contributed by atoms with Crippen LogP contribution in [0.25, 0.3) is 0 Å². The summed E-state index contributed by atoms with van der Waals surface area (Å²) in [4.78, 5) is 21.6. The van der Waals surface area contributed by atoms with Gasteiger partial charge in [0.25, 0.3) is 0 Å². The molecular weight excluding hydrogens is 367 g/mol. The second-order valence-electron chi connectivity index (χ2n) is 5.98. The van der Waals surface area contributed by atoms with E-state index in [2.05, 4.69) is 27.1 Å². The molecule has 9 heteroatoms. The Morgan fingerprint density at radius 3 is 3.04 bits per heavy atom. The number of nitrogens with one attached hydrogen (secondary N) is 1. The molecule has 2 aromatic heterocycles. The number of aromatic nitrogens is 2. The van der Waals surface area contributed by atoms with Crippen LogP contribution in [0.15, 0.2) is 18.3 Å². The number of pyridine rings is 1. The van der Waals surface area contributed by atoms with E-state index in [1.165, 1.54) is 6.92 Å². The summed E-state index contributed by atoms with van der Waals surface area (Å²) in [5, 5.41) is 3.36. The van der Waals surface area contributed by atoms with Crippen molar-refractivity contribution < 1.29 is 13.9 Å². The monoisotopic (exact) mass is 384 g/mol. The molecule has 1 amide bonds. The van der Waals surface area contributed by atoms with Crippen molar-refractivity contribution in [2.75, 3.05) is 11.9 Å². The Morgan fingerprint density at radius 2 is 2.36 bits per heavy atom. The van der Waals surface area contributed by atoms with Crippen LogP contribution in [0, 0.1) is 5.95 Å². The van der Waals surface area contributed by atoms with Gasteiger partial charge in [-0.15, -0.1) is 0 Å². The lowest BCUT2D eigenvalue weighted by Crippen LogP contribution is -2.28. The second kappa shape index (κ2) is 7.63. The van der Waals surface area contributed by atoms with Crippen molar-refractivity contribution in [3.63, 3.8) is 0 Å². The number of carbonyl (C=O) groups excluding carboxylic acids is 1. The maximum absolute atomic E-state index is 14.0. The minimum absolute atomic E-state index is 0.0190. The Morgan fingerprint density at radius 1 is 1.56 bits per heavy atom. The van der Waals surface area contributed by atoms with Crippen molar-refractivity contribution in [2.24, 2.45) is 0 Å². The Hall–Kier alpha value is -1.77. The number of thiazole rings is 1. The van der Waals surface area contributed by atoms with Crippen LogP contribution in [-0.2, 0) is 11.3 Å². The fourth-order valence-corrected chi connectivity index (χ4v) is 3.80. The van der Waals surface area contributed by atoms with Gasteiger partial charge in [-0.05, 0) is 13.0 Å². The molecule has 2 atom stereocenters. The number of halogens is 2. The van der Waals surface area contributed by atoms with Crippen molar-refractivity contribution in [1.29, 1.82) is 0 Å². The summed E-state index contributed by atoms with van der Waals surface area (Å²) in [5.74, 6) is -0.274. The first kappa shape index (κ1) is 18.0. The van der Waals surface area contributed by atoms with Crippen LogP contribution in [0.5, 0.6) is 5.88 Å². The van der Waals surface area contributed by atoms with Crippen LogP contribution in [0.2, 0.25) is 5.02 Å². The van der Waals surface area contributed by atoms with Crippen LogP contribution in [0.1, 0.15) is 25.1 Å². The Balaban J connectivity index is 1.61. The highest BCUT2D eigenvalue weighted by molar-refractivity contribution is 7.15. The quantitative estimate of drug-likeness (QED) is 0.856. The molecule has 2 aromatic rings. The molecule has 1 fully saturated rings. The van der Waals surface area contributed by atoms with E-state index < -0.39 is 5.95 Å². The van der Waals surface area contributed by atoms with Gasteiger partial charge in [-0.3, -0.25) is 9.69 Å². The fourth-order valence-electron chi connectivity index (χ4n) is 2.77. The van der Waals surface area contributed by atoms with E-state index in [1.54, 1.807) is 18.3 Å². The van der Waals surface area contributed by atoms with Crippen molar-refractivity contribution in [3.8, 4) is 5.88 Å². The van der Waals surface area contributed by atoms with Gasteiger partial charge in [0.2, 0.25) is 17.7 Å². The van der Waals surface area contributed by atoms with Gasteiger partial charge in [0.15, 0.2) is 5.13 Å². The second-order valence-corrected chi connectivity index (χ2v) is 7.50. The molecule has 134 valence electrons. The summed E-state index contributed by atoms with van der Waals surface area (Å²) in [6.07, 6.45) is 2.35. The van der Waals surface area contributed by atoms with Crippen molar-refractivity contribution in [3.05, 3.63) is 34.2 Å². The number of carbonyl (C=O) groups is 1. The van der Waals surface area contributed by atoms with Gasteiger partial charge in [-0.2, -0.15) is 9.37 Å². The number of anilines is 1. The molecule has 0 aliphatic carbocycles. The summed E-state index contributed by atoms with van der Waals surface area (Å²) in [6.45, 7) is 4.54. The summed E-state index contributed by atoms with van der Waals surface area (Å²) < 4.78 is 19.9. The zero-order chi connectivity index (χ0) is 18.0. The molecule has 3 rings (SSSR count). The molecule has 1 aliphatic heterocycles. The van der Waals surface area contributed by atoms with Crippen molar-refractivity contribution in [1.82, 2.24) is 14.9 Å². The summed E-state index contributed by atoms with van der Waals surface area (Å²) >= 11 is 6.98. The van der Waals surface area contributed by atoms with E-state index in [4.69, 9.17) is 16.3 Å². The topological polar surface area (TPSA) is 67.4 Å². The van der Waals surface area contributed by atoms with Gasteiger partial charge in [0.1, 0.15) is 6.10 Å².